The maximum absolute atomic E-state index is 14.0. The predicted octanol–water partition coefficient (Wildman–Crippen LogP) is 7.08. The first kappa shape index (κ1) is 32.4. The zero-order chi connectivity index (χ0) is 34.4. The lowest BCUT2D eigenvalue weighted by molar-refractivity contribution is -0.206. The van der Waals surface area contributed by atoms with E-state index in [1.165, 1.54) is 30.3 Å². The van der Waals surface area contributed by atoms with Crippen LogP contribution in [0.15, 0.2) is 55.0 Å². The van der Waals surface area contributed by atoms with E-state index in [2.05, 4.69) is 37.0 Å². The van der Waals surface area contributed by atoms with Crippen molar-refractivity contribution in [2.24, 2.45) is 5.41 Å². The lowest BCUT2D eigenvalue weighted by Crippen LogP contribution is -2.38. The van der Waals surface area contributed by atoms with Crippen LogP contribution in [0.25, 0.3) is 21.7 Å². The van der Waals surface area contributed by atoms with Crippen LogP contribution in [0, 0.1) is 28.1 Å². The first-order valence-electron chi connectivity index (χ1n) is 14.8. The van der Waals surface area contributed by atoms with E-state index in [4.69, 9.17) is 4.74 Å². The average molecular weight is 662 g/mol. The largest absolute Gasteiger partial charge is 0.481 e. The van der Waals surface area contributed by atoms with Crippen LogP contribution >= 0.6 is 0 Å². The molecule has 246 valence electrons. The number of hydrogen-bond donors (Lipinski definition) is 2. The van der Waals surface area contributed by atoms with Crippen LogP contribution in [0.5, 0.6) is 5.88 Å². The van der Waals surface area contributed by atoms with Crippen molar-refractivity contribution in [3.63, 3.8) is 0 Å². The van der Waals surface area contributed by atoms with Crippen LogP contribution in [-0.4, -0.2) is 51.2 Å². The molecule has 1 saturated carbocycles. The summed E-state index contributed by atoms with van der Waals surface area (Å²) in [5.41, 5.74) is -2.02. The van der Waals surface area contributed by atoms with Gasteiger partial charge in [0.1, 0.15) is 23.4 Å². The zero-order valence-electron chi connectivity index (χ0n) is 25.9. The molecule has 0 radical (unpaired) electrons. The number of alkyl halides is 5. The minimum absolute atomic E-state index is 0.0172. The van der Waals surface area contributed by atoms with Gasteiger partial charge in [-0.2, -0.15) is 23.7 Å². The molecule has 5 aromatic rings. The number of methoxy groups -OCH3 is 1. The molecule has 1 aliphatic carbocycles. The van der Waals surface area contributed by atoms with Gasteiger partial charge in [0.25, 0.3) is 6.43 Å². The van der Waals surface area contributed by atoms with Gasteiger partial charge < -0.3 is 15.4 Å². The van der Waals surface area contributed by atoms with Gasteiger partial charge in [-0.3, -0.25) is 4.98 Å². The average Bonchev–Trinajstić information content (AvgIpc) is 3.74. The molecule has 10 nitrogen and oxygen atoms in total. The summed E-state index contributed by atoms with van der Waals surface area (Å²) >= 11 is 0. The molecular weight excluding hydrogens is 633 g/mol. The molecule has 3 aromatic heterocycles. The number of halogens is 5. The van der Waals surface area contributed by atoms with E-state index in [-0.39, 0.29) is 46.3 Å². The number of rotatable bonds is 10. The smallest absolute Gasteiger partial charge is 0.395 e. The molecule has 0 spiro atoms. The number of aromatic nitrogens is 5. The fraction of sp³-hybridized carbons (Fsp3) is 0.333. The molecule has 48 heavy (non-hydrogen) atoms. The van der Waals surface area contributed by atoms with E-state index in [0.717, 1.165) is 13.8 Å². The quantitative estimate of drug-likeness (QED) is 0.150. The Kier molecular flexibility index (Phi) is 8.03. The number of fused-ring (bicyclic) bond motifs is 2. The van der Waals surface area contributed by atoms with Gasteiger partial charge in [-0.25, -0.2) is 18.4 Å². The van der Waals surface area contributed by atoms with E-state index in [1.807, 2.05) is 18.2 Å². The number of benzene rings is 2. The minimum atomic E-state index is -4.54. The third-order valence-corrected chi connectivity index (χ3v) is 8.74. The minimum Gasteiger partial charge on any atom is -0.481 e. The summed E-state index contributed by atoms with van der Waals surface area (Å²) in [4.78, 5) is 8.55. The monoisotopic (exact) mass is 661 g/mol. The van der Waals surface area contributed by atoms with E-state index < -0.39 is 36.1 Å². The molecule has 3 heterocycles. The summed E-state index contributed by atoms with van der Waals surface area (Å²) in [5, 5.41) is 36.0. The fourth-order valence-corrected chi connectivity index (χ4v) is 5.55. The zero-order valence-corrected chi connectivity index (χ0v) is 25.9. The summed E-state index contributed by atoms with van der Waals surface area (Å²) in [5.74, 6) is 0.358. The highest BCUT2D eigenvalue weighted by Gasteiger charge is 2.54. The summed E-state index contributed by atoms with van der Waals surface area (Å²) < 4.78 is 75.8. The number of nitrogens with one attached hydrogen (secondary N) is 2. The van der Waals surface area contributed by atoms with Crippen molar-refractivity contribution < 1.29 is 26.7 Å². The highest BCUT2D eigenvalue weighted by Crippen LogP contribution is 2.48. The Balaban J connectivity index is 1.51. The maximum Gasteiger partial charge on any atom is 0.395 e. The molecule has 2 aromatic carbocycles. The van der Waals surface area contributed by atoms with Gasteiger partial charge in [-0.1, -0.05) is 17.3 Å². The van der Waals surface area contributed by atoms with Crippen LogP contribution in [-0.2, 0) is 5.54 Å². The van der Waals surface area contributed by atoms with Crippen LogP contribution in [0.1, 0.15) is 55.1 Å². The van der Waals surface area contributed by atoms with E-state index in [0.29, 0.717) is 27.9 Å². The van der Waals surface area contributed by atoms with Crippen LogP contribution < -0.4 is 15.4 Å². The normalized spacial score (nSPS) is 14.8. The van der Waals surface area contributed by atoms with Gasteiger partial charge in [0.2, 0.25) is 5.88 Å². The predicted molar refractivity (Wildman–Crippen MR) is 166 cm³/mol. The second-order valence-corrected chi connectivity index (χ2v) is 12.3. The second-order valence-electron chi connectivity index (χ2n) is 12.3. The lowest BCUT2D eigenvalue weighted by Gasteiger charge is -2.28. The first-order valence-corrected chi connectivity index (χ1v) is 14.8. The highest BCUT2D eigenvalue weighted by atomic mass is 19.4. The number of ether oxygens (including phenoxy) is 1. The summed E-state index contributed by atoms with van der Waals surface area (Å²) in [6.45, 7) is 1.51. The van der Waals surface area contributed by atoms with Gasteiger partial charge in [0.05, 0.1) is 47.1 Å². The van der Waals surface area contributed by atoms with Gasteiger partial charge in [-0.05, 0) is 61.9 Å². The molecule has 1 aliphatic rings. The number of anilines is 2. The Bertz CT molecular complexity index is 2110. The summed E-state index contributed by atoms with van der Waals surface area (Å²) in [6, 6.07) is 13.5. The Morgan fingerprint density at radius 1 is 1.02 bits per heavy atom. The fourth-order valence-electron chi connectivity index (χ4n) is 5.55. The lowest BCUT2D eigenvalue weighted by atomic mass is 9.92. The Morgan fingerprint density at radius 3 is 2.42 bits per heavy atom. The van der Waals surface area contributed by atoms with Gasteiger partial charge in [-0.15, -0.1) is 5.10 Å². The Labute approximate surface area is 271 Å². The van der Waals surface area contributed by atoms with Crippen molar-refractivity contribution in [2.75, 3.05) is 24.3 Å². The summed E-state index contributed by atoms with van der Waals surface area (Å²) in [6.07, 6.45) is -2.47. The number of pyridine rings is 2. The Morgan fingerprint density at radius 2 is 1.77 bits per heavy atom. The van der Waals surface area contributed by atoms with Crippen molar-refractivity contribution in [1.29, 1.82) is 10.5 Å². The van der Waals surface area contributed by atoms with Gasteiger partial charge >= 0.3 is 6.18 Å². The van der Waals surface area contributed by atoms with Crippen molar-refractivity contribution in [1.82, 2.24) is 25.0 Å². The molecule has 1 atom stereocenters. The first-order chi connectivity index (χ1) is 22.8. The van der Waals surface area contributed by atoms with Gasteiger partial charge in [0, 0.05) is 35.4 Å². The molecule has 1 fully saturated rings. The molecule has 15 heteroatoms. The van der Waals surface area contributed by atoms with Crippen molar-refractivity contribution >= 4 is 33.1 Å². The summed E-state index contributed by atoms with van der Waals surface area (Å²) in [7, 11) is 1.48. The van der Waals surface area contributed by atoms with E-state index in [9.17, 15) is 32.5 Å². The van der Waals surface area contributed by atoms with E-state index in [1.54, 1.807) is 24.4 Å². The molecule has 6 rings (SSSR count). The molecule has 0 bridgehead atoms. The Hall–Kier alpha value is -5.57. The topological polar surface area (TPSA) is 137 Å². The van der Waals surface area contributed by atoms with Crippen molar-refractivity contribution in [3.8, 4) is 18.0 Å². The molecule has 0 saturated heterocycles. The molecule has 2 N–H and O–H groups in total. The van der Waals surface area contributed by atoms with Crippen molar-refractivity contribution in [3.05, 3.63) is 77.4 Å². The van der Waals surface area contributed by atoms with Gasteiger partial charge in [0.15, 0.2) is 0 Å². The number of nitriles is 2. The van der Waals surface area contributed by atoms with Crippen LogP contribution in [0.2, 0.25) is 0 Å². The molecule has 1 unspecified atom stereocenters. The molecule has 0 aliphatic heterocycles. The maximum atomic E-state index is 14.0. The van der Waals surface area contributed by atoms with Crippen LogP contribution in [0.3, 0.4) is 0 Å². The highest BCUT2D eigenvalue weighted by molar-refractivity contribution is 5.99. The van der Waals surface area contributed by atoms with Crippen molar-refractivity contribution in [2.45, 2.75) is 50.9 Å². The number of hydrogen-bond acceptors (Lipinski definition) is 9. The standard InChI is InChI=1S/C33H28F5N9O/c1-31(2,33(36,37)38)17-43-27-19(14-40)15-42-26-18(13-39)11-20(12-24(26)27)44-28(25-16-47(46-45-25)32(8-9-32)30(34)35)22-5-4-6-23-21(22)7-10-41-29(23)48-3/h4-7,10-12,15-16,28,30,44H,8-9,17H2,1-3H3,(H,42,43). The van der Waals surface area contributed by atoms with Crippen LogP contribution in [0.4, 0.5) is 33.3 Å². The SMILES string of the molecule is COc1nccc2c(C(Nc3cc(C#N)c4ncc(C#N)c(NCC(C)(C)C(F)(F)F)c4c3)c3cn(C4(C(F)F)CC4)nn3)cccc12. The third kappa shape index (κ3) is 5.55. The van der Waals surface area contributed by atoms with E-state index >= 15 is 0 Å². The number of nitrogens with zero attached hydrogens (tertiary/aromatic N) is 7. The molecular formula is C33H28F5N9O. The third-order valence-electron chi connectivity index (χ3n) is 8.74. The molecule has 0 amide bonds. The second kappa shape index (κ2) is 11.9.